The number of nitrogens with one attached hydrogen (secondary N) is 4. The number of aromatic nitrogens is 2. The van der Waals surface area contributed by atoms with Crippen LogP contribution in [0, 0.1) is 0 Å². The molecule has 3 amide bonds. The lowest BCUT2D eigenvalue weighted by Crippen LogP contribution is -2.28. The fraction of sp³-hybridized carbons (Fsp3) is 0.267. The van der Waals surface area contributed by atoms with Gasteiger partial charge in [0.2, 0.25) is 0 Å². The van der Waals surface area contributed by atoms with Crippen LogP contribution in [0.5, 0.6) is 0 Å². The first-order chi connectivity index (χ1) is 11.1. The predicted molar refractivity (Wildman–Crippen MR) is 84.8 cm³/mol. The number of fused-ring (bicyclic) bond motifs is 1. The highest BCUT2D eigenvalue weighted by molar-refractivity contribution is 5.94. The third-order valence-corrected chi connectivity index (χ3v) is 3.70. The summed E-state index contributed by atoms with van der Waals surface area (Å²) in [6.07, 6.45) is 0.851. The molecule has 1 aliphatic rings. The average molecular weight is 314 g/mol. The Balaban J connectivity index is 1.60. The number of carbonyl (C=O) groups excluding carboxylic acids is 2. The van der Waals surface area contributed by atoms with E-state index in [1.165, 1.54) is 0 Å². The maximum Gasteiger partial charge on any atom is 0.316 e. The maximum atomic E-state index is 12.3. The molecular formula is C15H18N6O2. The summed E-state index contributed by atoms with van der Waals surface area (Å²) in [4.78, 5) is 23.0. The summed E-state index contributed by atoms with van der Waals surface area (Å²) >= 11 is 0. The molecule has 0 saturated carbocycles. The standard InChI is InChI=1S/C15H18N6O2/c16-15(23)19-10-3-1-9(2-4-10)7-18-14(22)13-11-8-17-6-5-12(11)20-21-13/h1-4,17H,5-8H2,(H,18,22)(H,20,21)(H3,16,19,23). The Morgan fingerprint density at radius 1 is 1.26 bits per heavy atom. The van der Waals surface area contributed by atoms with Crippen molar-refractivity contribution < 1.29 is 9.59 Å². The summed E-state index contributed by atoms with van der Waals surface area (Å²) in [5.41, 5.74) is 8.98. The quantitative estimate of drug-likeness (QED) is 0.562. The van der Waals surface area contributed by atoms with Gasteiger partial charge >= 0.3 is 6.03 Å². The van der Waals surface area contributed by atoms with Crippen molar-refractivity contribution in [1.82, 2.24) is 20.8 Å². The number of nitrogens with two attached hydrogens (primary N) is 1. The second kappa shape index (κ2) is 6.49. The van der Waals surface area contributed by atoms with Crippen LogP contribution < -0.4 is 21.7 Å². The van der Waals surface area contributed by atoms with Crippen LogP contribution in [0.15, 0.2) is 24.3 Å². The smallest absolute Gasteiger partial charge is 0.316 e. The minimum Gasteiger partial charge on any atom is -0.351 e. The molecule has 0 saturated heterocycles. The molecule has 2 heterocycles. The number of urea groups is 1. The van der Waals surface area contributed by atoms with Crippen molar-refractivity contribution in [3.05, 3.63) is 46.8 Å². The predicted octanol–water partition coefficient (Wildman–Crippen LogP) is 0.476. The molecule has 0 spiro atoms. The number of carbonyl (C=O) groups is 2. The first-order valence-electron chi connectivity index (χ1n) is 7.34. The van der Waals surface area contributed by atoms with Crippen LogP contribution in [0.3, 0.4) is 0 Å². The number of hydrogen-bond acceptors (Lipinski definition) is 4. The second-order valence-electron chi connectivity index (χ2n) is 5.32. The van der Waals surface area contributed by atoms with Gasteiger partial charge in [0.05, 0.1) is 0 Å². The Kier molecular flexibility index (Phi) is 4.24. The third kappa shape index (κ3) is 3.49. The number of amides is 3. The lowest BCUT2D eigenvalue weighted by molar-refractivity contribution is 0.0944. The summed E-state index contributed by atoms with van der Waals surface area (Å²) in [6, 6.07) is 6.47. The van der Waals surface area contributed by atoms with E-state index in [1.807, 2.05) is 12.1 Å². The lowest BCUT2D eigenvalue weighted by Gasteiger charge is -2.13. The summed E-state index contributed by atoms with van der Waals surface area (Å²) < 4.78 is 0. The molecule has 8 nitrogen and oxygen atoms in total. The number of rotatable bonds is 4. The van der Waals surface area contributed by atoms with Crippen LogP contribution in [-0.2, 0) is 19.5 Å². The van der Waals surface area contributed by atoms with Gasteiger partial charge in [-0.3, -0.25) is 9.89 Å². The summed E-state index contributed by atoms with van der Waals surface area (Å²) in [7, 11) is 0. The van der Waals surface area contributed by atoms with Gasteiger partial charge in [0.15, 0.2) is 5.69 Å². The van der Waals surface area contributed by atoms with Gasteiger partial charge in [-0.25, -0.2) is 4.79 Å². The van der Waals surface area contributed by atoms with Crippen molar-refractivity contribution in [3.8, 4) is 0 Å². The molecule has 0 fully saturated rings. The summed E-state index contributed by atoms with van der Waals surface area (Å²) in [6.45, 7) is 1.93. The minimum atomic E-state index is -0.608. The highest BCUT2D eigenvalue weighted by Crippen LogP contribution is 2.15. The van der Waals surface area contributed by atoms with Crippen LogP contribution in [0.2, 0.25) is 0 Å². The number of H-pyrrole nitrogens is 1. The van der Waals surface area contributed by atoms with Gasteiger partial charge in [0.1, 0.15) is 0 Å². The van der Waals surface area contributed by atoms with Crippen LogP contribution >= 0.6 is 0 Å². The Bertz CT molecular complexity index is 722. The molecule has 0 radical (unpaired) electrons. The average Bonchev–Trinajstić information content (AvgIpc) is 2.97. The first kappa shape index (κ1) is 15.0. The largest absolute Gasteiger partial charge is 0.351 e. The fourth-order valence-corrected chi connectivity index (χ4v) is 2.53. The number of nitrogens with zero attached hydrogens (tertiary/aromatic N) is 1. The van der Waals surface area contributed by atoms with Crippen molar-refractivity contribution in [2.45, 2.75) is 19.5 Å². The summed E-state index contributed by atoms with van der Waals surface area (Å²) in [5.74, 6) is -0.203. The summed E-state index contributed by atoms with van der Waals surface area (Å²) in [5, 5.41) is 15.6. The SMILES string of the molecule is NC(=O)Nc1ccc(CNC(=O)c2n[nH]c3c2CNCC3)cc1. The second-order valence-corrected chi connectivity index (χ2v) is 5.32. The normalized spacial score (nSPS) is 13.2. The molecule has 0 unspecified atom stereocenters. The van der Waals surface area contributed by atoms with Crippen LogP contribution in [0.4, 0.5) is 10.5 Å². The van der Waals surface area contributed by atoms with Gasteiger partial charge in [-0.2, -0.15) is 5.10 Å². The molecule has 3 rings (SSSR count). The van der Waals surface area contributed by atoms with E-state index in [1.54, 1.807) is 12.1 Å². The molecule has 1 aromatic carbocycles. The van der Waals surface area contributed by atoms with Crippen molar-refractivity contribution in [3.63, 3.8) is 0 Å². The van der Waals surface area contributed by atoms with E-state index >= 15 is 0 Å². The van der Waals surface area contributed by atoms with Crippen molar-refractivity contribution >= 4 is 17.6 Å². The highest BCUT2D eigenvalue weighted by Gasteiger charge is 2.21. The molecule has 23 heavy (non-hydrogen) atoms. The van der Waals surface area contributed by atoms with E-state index in [0.717, 1.165) is 29.8 Å². The van der Waals surface area contributed by atoms with Gasteiger partial charge in [0.25, 0.3) is 5.91 Å². The fourth-order valence-electron chi connectivity index (χ4n) is 2.53. The lowest BCUT2D eigenvalue weighted by atomic mass is 10.1. The molecule has 0 atom stereocenters. The van der Waals surface area contributed by atoms with Crippen molar-refractivity contribution in [2.75, 3.05) is 11.9 Å². The van der Waals surface area contributed by atoms with Crippen LogP contribution in [0.25, 0.3) is 0 Å². The van der Waals surface area contributed by atoms with E-state index in [-0.39, 0.29) is 5.91 Å². The zero-order valence-electron chi connectivity index (χ0n) is 12.5. The van der Waals surface area contributed by atoms with Gasteiger partial charge in [0, 0.05) is 43.0 Å². The zero-order chi connectivity index (χ0) is 16.2. The van der Waals surface area contributed by atoms with Gasteiger partial charge < -0.3 is 21.7 Å². The van der Waals surface area contributed by atoms with Gasteiger partial charge in [-0.15, -0.1) is 0 Å². The van der Waals surface area contributed by atoms with Crippen molar-refractivity contribution in [1.29, 1.82) is 0 Å². The Hall–Kier alpha value is -2.87. The number of hydrogen-bond donors (Lipinski definition) is 5. The molecule has 120 valence electrons. The topological polar surface area (TPSA) is 125 Å². The molecule has 0 aliphatic carbocycles. The molecular weight excluding hydrogens is 296 g/mol. The van der Waals surface area contributed by atoms with Gasteiger partial charge in [-0.05, 0) is 17.7 Å². The highest BCUT2D eigenvalue weighted by atomic mass is 16.2. The van der Waals surface area contributed by atoms with Crippen LogP contribution in [0.1, 0.15) is 27.3 Å². The van der Waals surface area contributed by atoms with E-state index in [2.05, 4.69) is 26.1 Å². The molecule has 2 aromatic rings. The Morgan fingerprint density at radius 3 is 2.78 bits per heavy atom. The molecule has 8 heteroatoms. The number of primary amides is 1. The van der Waals surface area contributed by atoms with Crippen LogP contribution in [-0.4, -0.2) is 28.7 Å². The van der Waals surface area contributed by atoms with E-state index < -0.39 is 6.03 Å². The monoisotopic (exact) mass is 314 g/mol. The molecule has 1 aromatic heterocycles. The minimum absolute atomic E-state index is 0.203. The van der Waals surface area contributed by atoms with E-state index in [4.69, 9.17) is 5.73 Å². The zero-order valence-corrected chi connectivity index (χ0v) is 12.5. The molecule has 1 aliphatic heterocycles. The van der Waals surface area contributed by atoms with E-state index in [9.17, 15) is 9.59 Å². The Labute approximate surface area is 132 Å². The molecule has 6 N–H and O–H groups in total. The Morgan fingerprint density at radius 2 is 2.04 bits per heavy atom. The number of anilines is 1. The number of aromatic amines is 1. The van der Waals surface area contributed by atoms with Gasteiger partial charge in [-0.1, -0.05) is 12.1 Å². The number of benzene rings is 1. The maximum absolute atomic E-state index is 12.3. The molecule has 0 bridgehead atoms. The first-order valence-corrected chi connectivity index (χ1v) is 7.34. The third-order valence-electron chi connectivity index (χ3n) is 3.70. The van der Waals surface area contributed by atoms with E-state index in [0.29, 0.717) is 24.5 Å². The van der Waals surface area contributed by atoms with Crippen molar-refractivity contribution in [2.24, 2.45) is 5.73 Å².